The molecule has 0 aliphatic carbocycles. The van der Waals surface area contributed by atoms with Gasteiger partial charge in [-0.3, -0.25) is 4.79 Å². The van der Waals surface area contributed by atoms with E-state index >= 15 is 0 Å². The van der Waals surface area contributed by atoms with E-state index in [9.17, 15) is 14.3 Å². The van der Waals surface area contributed by atoms with Crippen LogP contribution in [0.2, 0.25) is 0 Å². The SMILES string of the molecule is O=C(O)CC1(O)CCCN(c2ccc(F)cc2)C1. The number of anilines is 1. The van der Waals surface area contributed by atoms with Crippen LogP contribution in [0, 0.1) is 5.82 Å². The Hall–Kier alpha value is -1.62. The van der Waals surface area contributed by atoms with Crippen LogP contribution < -0.4 is 4.90 Å². The quantitative estimate of drug-likeness (QED) is 0.859. The summed E-state index contributed by atoms with van der Waals surface area (Å²) in [7, 11) is 0. The van der Waals surface area contributed by atoms with Gasteiger partial charge in [-0.25, -0.2) is 4.39 Å². The lowest BCUT2D eigenvalue weighted by atomic mass is 9.89. The highest BCUT2D eigenvalue weighted by Gasteiger charge is 2.35. The summed E-state index contributed by atoms with van der Waals surface area (Å²) in [6.45, 7) is 1.01. The molecule has 5 heteroatoms. The summed E-state index contributed by atoms with van der Waals surface area (Å²) in [5.41, 5.74) is -0.390. The number of piperidine rings is 1. The molecule has 4 nitrogen and oxygen atoms in total. The first-order valence-corrected chi connectivity index (χ1v) is 5.93. The van der Waals surface area contributed by atoms with Crippen LogP contribution in [0.4, 0.5) is 10.1 Å². The molecular weight excluding hydrogens is 237 g/mol. The number of aliphatic hydroxyl groups is 1. The summed E-state index contributed by atoms with van der Waals surface area (Å²) in [5, 5.41) is 19.0. The molecule has 1 heterocycles. The molecule has 1 unspecified atom stereocenters. The van der Waals surface area contributed by atoms with Crippen molar-refractivity contribution in [2.24, 2.45) is 0 Å². The third kappa shape index (κ3) is 2.98. The van der Waals surface area contributed by atoms with Crippen LogP contribution in [0.15, 0.2) is 24.3 Å². The van der Waals surface area contributed by atoms with Gasteiger partial charge >= 0.3 is 5.97 Å². The summed E-state index contributed by atoms with van der Waals surface area (Å²) < 4.78 is 12.8. The molecule has 2 rings (SSSR count). The third-order valence-corrected chi connectivity index (χ3v) is 3.23. The highest BCUT2D eigenvalue weighted by molar-refractivity contribution is 5.68. The third-order valence-electron chi connectivity index (χ3n) is 3.23. The largest absolute Gasteiger partial charge is 0.481 e. The summed E-state index contributed by atoms with van der Waals surface area (Å²) in [4.78, 5) is 12.6. The molecule has 1 saturated heterocycles. The van der Waals surface area contributed by atoms with E-state index < -0.39 is 11.6 Å². The number of carbonyl (C=O) groups is 1. The van der Waals surface area contributed by atoms with Gasteiger partial charge in [-0.05, 0) is 37.1 Å². The van der Waals surface area contributed by atoms with Crippen molar-refractivity contribution in [3.63, 3.8) is 0 Å². The maximum atomic E-state index is 12.8. The van der Waals surface area contributed by atoms with Crippen LogP contribution in [0.5, 0.6) is 0 Å². The zero-order valence-electron chi connectivity index (χ0n) is 9.97. The van der Waals surface area contributed by atoms with Crippen molar-refractivity contribution in [1.29, 1.82) is 0 Å². The first kappa shape index (κ1) is 12.8. The van der Waals surface area contributed by atoms with Crippen LogP contribution in [-0.4, -0.2) is 34.9 Å². The van der Waals surface area contributed by atoms with Gasteiger partial charge in [0.1, 0.15) is 5.82 Å². The molecule has 0 saturated carbocycles. The Bertz CT molecular complexity index is 434. The maximum absolute atomic E-state index is 12.8. The molecule has 1 atom stereocenters. The number of carboxylic acids is 1. The number of benzene rings is 1. The number of hydrogen-bond donors (Lipinski definition) is 2. The molecule has 98 valence electrons. The molecule has 1 aromatic carbocycles. The predicted octanol–water partition coefficient (Wildman–Crippen LogP) is 1.63. The molecule has 0 spiro atoms. The zero-order valence-corrected chi connectivity index (χ0v) is 9.97. The average Bonchev–Trinajstić information content (AvgIpc) is 2.28. The minimum Gasteiger partial charge on any atom is -0.481 e. The van der Waals surface area contributed by atoms with Crippen molar-refractivity contribution in [2.75, 3.05) is 18.0 Å². The minimum absolute atomic E-state index is 0.259. The van der Waals surface area contributed by atoms with Gasteiger partial charge in [0.2, 0.25) is 0 Å². The lowest BCUT2D eigenvalue weighted by Crippen LogP contribution is -2.49. The van der Waals surface area contributed by atoms with Crippen molar-refractivity contribution in [3.8, 4) is 0 Å². The van der Waals surface area contributed by atoms with Crippen LogP contribution >= 0.6 is 0 Å². The van der Waals surface area contributed by atoms with Crippen molar-refractivity contribution >= 4 is 11.7 Å². The molecule has 18 heavy (non-hydrogen) atoms. The normalized spacial score (nSPS) is 24.0. The second kappa shape index (κ2) is 4.94. The van der Waals surface area contributed by atoms with Gasteiger partial charge in [0.15, 0.2) is 0 Å². The van der Waals surface area contributed by atoms with Crippen LogP contribution in [0.25, 0.3) is 0 Å². The molecule has 0 bridgehead atoms. The van der Waals surface area contributed by atoms with Crippen molar-refractivity contribution in [2.45, 2.75) is 24.9 Å². The second-order valence-corrected chi connectivity index (χ2v) is 4.80. The standard InChI is InChI=1S/C13H16FNO3/c14-10-2-4-11(5-3-10)15-7-1-6-13(18,9-15)8-12(16)17/h2-5,18H,1,6-9H2,(H,16,17). The van der Waals surface area contributed by atoms with Gasteiger partial charge < -0.3 is 15.1 Å². The monoisotopic (exact) mass is 253 g/mol. The summed E-state index contributed by atoms with van der Waals surface area (Å²) >= 11 is 0. The average molecular weight is 253 g/mol. The Labute approximate surface area is 105 Å². The minimum atomic E-state index is -1.20. The molecule has 0 aromatic heterocycles. The smallest absolute Gasteiger partial charge is 0.306 e. The number of halogens is 1. The first-order valence-electron chi connectivity index (χ1n) is 5.93. The van der Waals surface area contributed by atoms with E-state index in [1.54, 1.807) is 12.1 Å². The number of hydrogen-bond acceptors (Lipinski definition) is 3. The fourth-order valence-electron chi connectivity index (χ4n) is 2.41. The Morgan fingerprint density at radius 2 is 2.06 bits per heavy atom. The van der Waals surface area contributed by atoms with Gasteiger partial charge in [-0.1, -0.05) is 0 Å². The fourth-order valence-corrected chi connectivity index (χ4v) is 2.41. The number of carboxylic acid groups (broad SMARTS) is 1. The van der Waals surface area contributed by atoms with Gasteiger partial charge in [0, 0.05) is 18.8 Å². The van der Waals surface area contributed by atoms with E-state index in [1.807, 2.05) is 4.90 Å². The van der Waals surface area contributed by atoms with Crippen molar-refractivity contribution < 1.29 is 19.4 Å². The van der Waals surface area contributed by atoms with Gasteiger partial charge in [0.05, 0.1) is 12.0 Å². The molecule has 0 radical (unpaired) electrons. The lowest BCUT2D eigenvalue weighted by Gasteiger charge is -2.39. The van der Waals surface area contributed by atoms with Gasteiger partial charge in [-0.15, -0.1) is 0 Å². The van der Waals surface area contributed by atoms with E-state index in [4.69, 9.17) is 5.11 Å². The lowest BCUT2D eigenvalue weighted by molar-refractivity contribution is -0.142. The zero-order chi connectivity index (χ0) is 13.2. The van der Waals surface area contributed by atoms with Gasteiger partial charge in [-0.2, -0.15) is 0 Å². The van der Waals surface area contributed by atoms with E-state index in [1.165, 1.54) is 12.1 Å². The highest BCUT2D eigenvalue weighted by Crippen LogP contribution is 2.28. The van der Waals surface area contributed by atoms with Crippen LogP contribution in [0.3, 0.4) is 0 Å². The van der Waals surface area contributed by atoms with Crippen molar-refractivity contribution in [3.05, 3.63) is 30.1 Å². The van der Waals surface area contributed by atoms with E-state index in [2.05, 4.69) is 0 Å². The Morgan fingerprint density at radius 3 is 2.67 bits per heavy atom. The molecule has 1 aliphatic heterocycles. The molecule has 0 amide bonds. The summed E-state index contributed by atoms with van der Waals surface area (Å²) in [5.74, 6) is -1.31. The fraction of sp³-hybridized carbons (Fsp3) is 0.462. The van der Waals surface area contributed by atoms with Gasteiger partial charge in [0.25, 0.3) is 0 Å². The van der Waals surface area contributed by atoms with E-state index in [0.717, 1.165) is 18.7 Å². The molecule has 1 aliphatic rings. The topological polar surface area (TPSA) is 60.8 Å². The number of rotatable bonds is 3. The van der Waals surface area contributed by atoms with Crippen molar-refractivity contribution in [1.82, 2.24) is 0 Å². The van der Waals surface area contributed by atoms with E-state index in [-0.39, 0.29) is 18.8 Å². The Morgan fingerprint density at radius 1 is 1.39 bits per heavy atom. The summed E-state index contributed by atoms with van der Waals surface area (Å²) in [6, 6.07) is 6.00. The van der Waals surface area contributed by atoms with Crippen LogP contribution in [-0.2, 0) is 4.79 Å². The number of β-amino-alcohol motifs (C(OH)–C–C–N with tert-alkyl or cyclic N) is 1. The Balaban J connectivity index is 2.11. The summed E-state index contributed by atoms with van der Waals surface area (Å²) in [6.07, 6.45) is 0.947. The predicted molar refractivity (Wildman–Crippen MR) is 65.0 cm³/mol. The highest BCUT2D eigenvalue weighted by atomic mass is 19.1. The van der Waals surface area contributed by atoms with E-state index in [0.29, 0.717) is 6.42 Å². The number of nitrogens with zero attached hydrogens (tertiary/aromatic N) is 1. The second-order valence-electron chi connectivity index (χ2n) is 4.80. The first-order chi connectivity index (χ1) is 8.48. The molecule has 1 aromatic rings. The van der Waals surface area contributed by atoms with Crippen LogP contribution in [0.1, 0.15) is 19.3 Å². The molecule has 1 fully saturated rings. The maximum Gasteiger partial charge on any atom is 0.306 e. The number of aliphatic carboxylic acids is 1. The Kier molecular flexibility index (Phi) is 3.52. The molecule has 2 N–H and O–H groups in total. The molecular formula is C13H16FNO3.